The number of carbonyl (C=O) groups excluding carboxylic acids is 1. The monoisotopic (exact) mass is 369 g/mol. The van der Waals surface area contributed by atoms with Crippen molar-refractivity contribution in [3.8, 4) is 0 Å². The lowest BCUT2D eigenvalue weighted by atomic mass is 9.98. The molecule has 1 saturated heterocycles. The Morgan fingerprint density at radius 3 is 2.27 bits per heavy atom. The molecule has 0 atom stereocenters. The highest BCUT2D eigenvalue weighted by molar-refractivity contribution is 5.79. The van der Waals surface area contributed by atoms with Gasteiger partial charge in [-0.25, -0.2) is 4.79 Å². The number of nitrogens with one attached hydrogen (secondary N) is 2. The summed E-state index contributed by atoms with van der Waals surface area (Å²) in [4.78, 5) is 20.4. The van der Waals surface area contributed by atoms with E-state index in [4.69, 9.17) is 4.74 Å². The van der Waals surface area contributed by atoms with E-state index in [1.165, 1.54) is 32.4 Å². The minimum atomic E-state index is -0.476. The fourth-order valence-corrected chi connectivity index (χ4v) is 2.90. The van der Waals surface area contributed by atoms with E-state index >= 15 is 0 Å². The van der Waals surface area contributed by atoms with Crippen LogP contribution in [-0.4, -0.2) is 79.8 Å². The van der Waals surface area contributed by atoms with Crippen molar-refractivity contribution in [3.63, 3.8) is 0 Å². The van der Waals surface area contributed by atoms with Gasteiger partial charge in [-0.1, -0.05) is 6.42 Å². The molecule has 152 valence electrons. The quantitative estimate of drug-likeness (QED) is 0.555. The zero-order chi connectivity index (χ0) is 19.8. The first-order chi connectivity index (χ1) is 12.0. The third-order valence-electron chi connectivity index (χ3n) is 4.57. The first kappa shape index (κ1) is 22.5. The minimum Gasteiger partial charge on any atom is -0.444 e. The molecule has 0 radical (unpaired) electrons. The van der Waals surface area contributed by atoms with Crippen molar-refractivity contribution >= 4 is 12.1 Å². The molecule has 2 N–H and O–H groups in total. The molecule has 1 rings (SSSR count). The van der Waals surface area contributed by atoms with Gasteiger partial charge in [-0.2, -0.15) is 0 Å². The Balaban J connectivity index is 2.35. The smallest absolute Gasteiger partial charge is 0.410 e. The molecule has 0 unspecified atom stereocenters. The van der Waals surface area contributed by atoms with Crippen molar-refractivity contribution in [3.05, 3.63) is 0 Å². The highest BCUT2D eigenvalue weighted by atomic mass is 16.6. The van der Waals surface area contributed by atoms with Crippen LogP contribution in [0.3, 0.4) is 0 Å². The van der Waals surface area contributed by atoms with Crippen molar-refractivity contribution in [1.82, 2.24) is 20.4 Å². The van der Waals surface area contributed by atoms with E-state index in [9.17, 15) is 4.79 Å². The normalized spacial score (nSPS) is 17.0. The Bertz CT molecular complexity index is 465. The number of ether oxygens (including phenoxy) is 1. The van der Waals surface area contributed by atoms with E-state index in [1.807, 2.05) is 20.8 Å². The summed E-state index contributed by atoms with van der Waals surface area (Å²) in [6.07, 6.45) is 3.60. The number of amides is 1. The van der Waals surface area contributed by atoms with Crippen molar-refractivity contribution in [2.75, 3.05) is 46.8 Å². The van der Waals surface area contributed by atoms with Gasteiger partial charge in [-0.3, -0.25) is 9.89 Å². The topological polar surface area (TPSA) is 69.2 Å². The molecule has 0 aromatic carbocycles. The molecule has 1 aliphatic heterocycles. The molecular formula is C19H39N5O2. The summed E-state index contributed by atoms with van der Waals surface area (Å²) >= 11 is 0. The molecule has 1 heterocycles. The standard InChI is InChI=1S/C19H39N5O2/c1-18(2,3)26-17(25)23(7)14-11-21-16(20-6)22-15-19(4,5)24-12-9-8-10-13-24/h8-15H2,1-7H3,(H2,20,21,22). The largest absolute Gasteiger partial charge is 0.444 e. The SMILES string of the molecule is CN=C(NCCN(C)C(=O)OC(C)(C)C)NCC(C)(C)N1CCCCC1. The number of hydrogen-bond donors (Lipinski definition) is 2. The number of nitrogens with zero attached hydrogens (tertiary/aromatic N) is 3. The number of likely N-dealkylation sites (N-methyl/N-ethyl adjacent to an activating group) is 1. The van der Waals surface area contributed by atoms with Crippen molar-refractivity contribution in [2.24, 2.45) is 4.99 Å². The van der Waals surface area contributed by atoms with E-state index in [-0.39, 0.29) is 11.6 Å². The maximum atomic E-state index is 12.0. The number of piperidine rings is 1. The van der Waals surface area contributed by atoms with Crippen molar-refractivity contribution < 1.29 is 9.53 Å². The highest BCUT2D eigenvalue weighted by Gasteiger charge is 2.28. The van der Waals surface area contributed by atoms with Crippen LogP contribution >= 0.6 is 0 Å². The summed E-state index contributed by atoms with van der Waals surface area (Å²) in [6.45, 7) is 14.5. The second-order valence-electron chi connectivity index (χ2n) is 8.61. The van der Waals surface area contributed by atoms with Crippen molar-refractivity contribution in [1.29, 1.82) is 0 Å². The number of aliphatic imine (C=N–C) groups is 1. The van der Waals surface area contributed by atoms with E-state index in [1.54, 1.807) is 19.0 Å². The van der Waals surface area contributed by atoms with Crippen LogP contribution in [0, 0.1) is 0 Å². The maximum absolute atomic E-state index is 12.0. The van der Waals surface area contributed by atoms with E-state index < -0.39 is 5.60 Å². The molecule has 0 saturated carbocycles. The van der Waals surface area contributed by atoms with E-state index in [0.29, 0.717) is 13.1 Å². The lowest BCUT2D eigenvalue weighted by Gasteiger charge is -2.41. The lowest BCUT2D eigenvalue weighted by Crippen LogP contribution is -2.55. The summed E-state index contributed by atoms with van der Waals surface area (Å²) < 4.78 is 5.35. The second kappa shape index (κ2) is 10.00. The molecule has 0 aromatic rings. The Labute approximate surface area is 159 Å². The molecule has 1 aliphatic rings. The zero-order valence-electron chi connectivity index (χ0n) is 17.8. The molecule has 26 heavy (non-hydrogen) atoms. The summed E-state index contributed by atoms with van der Waals surface area (Å²) in [5, 5.41) is 6.68. The van der Waals surface area contributed by atoms with Crippen LogP contribution in [0.5, 0.6) is 0 Å². The van der Waals surface area contributed by atoms with Crippen LogP contribution in [0.2, 0.25) is 0 Å². The molecule has 0 spiro atoms. The molecule has 0 bridgehead atoms. The van der Waals surface area contributed by atoms with Gasteiger partial charge in [0.05, 0.1) is 0 Å². The fraction of sp³-hybridized carbons (Fsp3) is 0.895. The summed E-state index contributed by atoms with van der Waals surface area (Å²) in [5.41, 5.74) is -0.387. The first-order valence-corrected chi connectivity index (χ1v) is 9.69. The van der Waals surface area contributed by atoms with Gasteiger partial charge in [0.25, 0.3) is 0 Å². The van der Waals surface area contributed by atoms with Gasteiger partial charge in [0.1, 0.15) is 5.60 Å². The van der Waals surface area contributed by atoms with Crippen LogP contribution in [0.1, 0.15) is 53.9 Å². The number of likely N-dealkylation sites (tertiary alicyclic amines) is 1. The summed E-state index contributed by atoms with van der Waals surface area (Å²) in [5.74, 6) is 0.757. The second-order valence-corrected chi connectivity index (χ2v) is 8.61. The predicted molar refractivity (Wildman–Crippen MR) is 108 cm³/mol. The first-order valence-electron chi connectivity index (χ1n) is 9.69. The van der Waals surface area contributed by atoms with Gasteiger partial charge >= 0.3 is 6.09 Å². The molecule has 7 heteroatoms. The molecule has 0 aliphatic carbocycles. The zero-order valence-corrected chi connectivity index (χ0v) is 17.8. The minimum absolute atomic E-state index is 0.0886. The molecule has 7 nitrogen and oxygen atoms in total. The molecule has 0 aromatic heterocycles. The van der Waals surface area contributed by atoms with Crippen molar-refractivity contribution in [2.45, 2.75) is 65.0 Å². The third-order valence-corrected chi connectivity index (χ3v) is 4.57. The fourth-order valence-electron chi connectivity index (χ4n) is 2.90. The average Bonchev–Trinajstić information content (AvgIpc) is 2.57. The number of hydrogen-bond acceptors (Lipinski definition) is 4. The Morgan fingerprint density at radius 2 is 1.73 bits per heavy atom. The van der Waals surface area contributed by atoms with Crippen LogP contribution < -0.4 is 10.6 Å². The lowest BCUT2D eigenvalue weighted by molar-refractivity contribution is 0.0302. The maximum Gasteiger partial charge on any atom is 0.410 e. The highest BCUT2D eigenvalue weighted by Crippen LogP contribution is 2.19. The van der Waals surface area contributed by atoms with Gasteiger partial charge < -0.3 is 20.3 Å². The van der Waals surface area contributed by atoms with Gasteiger partial charge in [0, 0.05) is 39.3 Å². The van der Waals surface area contributed by atoms with Crippen LogP contribution in [0.4, 0.5) is 4.79 Å². The third kappa shape index (κ3) is 8.25. The average molecular weight is 370 g/mol. The number of rotatable bonds is 6. The van der Waals surface area contributed by atoms with Crippen LogP contribution in [-0.2, 0) is 4.74 Å². The Hall–Kier alpha value is -1.50. The van der Waals surface area contributed by atoms with Gasteiger partial charge in [0.15, 0.2) is 5.96 Å². The van der Waals surface area contributed by atoms with Crippen LogP contribution in [0.25, 0.3) is 0 Å². The molecular weight excluding hydrogens is 330 g/mol. The predicted octanol–water partition coefficient (Wildman–Crippen LogP) is 2.28. The van der Waals surface area contributed by atoms with Gasteiger partial charge in [-0.05, 0) is 60.5 Å². The summed E-state index contributed by atoms with van der Waals surface area (Å²) in [6, 6.07) is 0. The number of carbonyl (C=O) groups is 1. The molecule has 1 amide bonds. The van der Waals surface area contributed by atoms with E-state index in [2.05, 4.69) is 34.4 Å². The Morgan fingerprint density at radius 1 is 1.12 bits per heavy atom. The summed E-state index contributed by atoms with van der Waals surface area (Å²) in [7, 11) is 3.51. The Kier molecular flexibility index (Phi) is 8.67. The van der Waals surface area contributed by atoms with E-state index in [0.717, 1.165) is 12.5 Å². The van der Waals surface area contributed by atoms with Crippen LogP contribution in [0.15, 0.2) is 4.99 Å². The van der Waals surface area contributed by atoms with Gasteiger partial charge in [0.2, 0.25) is 0 Å². The molecule has 1 fully saturated rings. The van der Waals surface area contributed by atoms with Gasteiger partial charge in [-0.15, -0.1) is 0 Å². The number of guanidine groups is 1.